The lowest BCUT2D eigenvalue weighted by Crippen LogP contribution is -2.53. The SMILES string of the molecule is Nc1ccc(Oc2ccc(C(F)(c3ccc(Oc4ccc(N)c(O)c4)cc3)C(F)(F)C(F)(F)F)cc2)cc1O. The van der Waals surface area contributed by atoms with Crippen LogP contribution < -0.4 is 20.9 Å². The highest BCUT2D eigenvalue weighted by Gasteiger charge is 2.72. The minimum Gasteiger partial charge on any atom is -0.506 e. The summed E-state index contributed by atoms with van der Waals surface area (Å²) in [7, 11) is 0. The van der Waals surface area contributed by atoms with E-state index in [9.17, 15) is 32.2 Å². The Hall–Kier alpha value is -4.74. The molecule has 6 nitrogen and oxygen atoms in total. The number of nitrogens with two attached hydrogens (primary N) is 2. The fraction of sp³-hybridized carbons (Fsp3) is 0.111. The number of halogens is 6. The maximum atomic E-state index is 16.2. The predicted molar refractivity (Wildman–Crippen MR) is 131 cm³/mol. The Balaban J connectivity index is 1.68. The molecule has 204 valence electrons. The fourth-order valence-electron chi connectivity index (χ4n) is 3.68. The van der Waals surface area contributed by atoms with Crippen LogP contribution >= 0.6 is 0 Å². The lowest BCUT2D eigenvalue weighted by molar-refractivity contribution is -0.323. The normalized spacial score (nSPS) is 12.3. The van der Waals surface area contributed by atoms with Crippen molar-refractivity contribution in [1.82, 2.24) is 0 Å². The van der Waals surface area contributed by atoms with E-state index in [0.717, 1.165) is 60.7 Å². The summed E-state index contributed by atoms with van der Waals surface area (Å²) in [5.41, 5.74) is 4.83. The van der Waals surface area contributed by atoms with Crippen molar-refractivity contribution >= 4 is 11.4 Å². The van der Waals surface area contributed by atoms with Crippen molar-refractivity contribution in [3.63, 3.8) is 0 Å². The smallest absolute Gasteiger partial charge is 0.457 e. The zero-order valence-electron chi connectivity index (χ0n) is 19.7. The molecule has 4 aromatic carbocycles. The van der Waals surface area contributed by atoms with Gasteiger partial charge in [-0.15, -0.1) is 0 Å². The molecule has 4 rings (SSSR count). The highest BCUT2D eigenvalue weighted by molar-refractivity contribution is 5.56. The lowest BCUT2D eigenvalue weighted by Gasteiger charge is -2.35. The Bertz CT molecular complexity index is 1380. The number of anilines is 2. The van der Waals surface area contributed by atoms with Gasteiger partial charge in [0.2, 0.25) is 5.67 Å². The van der Waals surface area contributed by atoms with Gasteiger partial charge in [0, 0.05) is 23.3 Å². The molecule has 0 atom stereocenters. The molecule has 6 N–H and O–H groups in total. The number of nitrogen functional groups attached to an aromatic ring is 2. The lowest BCUT2D eigenvalue weighted by atomic mass is 9.82. The average Bonchev–Trinajstić information content (AvgIpc) is 2.88. The molecule has 0 aliphatic carbocycles. The largest absolute Gasteiger partial charge is 0.506 e. The third-order valence-electron chi connectivity index (χ3n) is 5.77. The number of alkyl halides is 6. The number of benzene rings is 4. The van der Waals surface area contributed by atoms with E-state index in [4.69, 9.17) is 20.9 Å². The number of phenols is 2. The van der Waals surface area contributed by atoms with E-state index >= 15 is 4.39 Å². The van der Waals surface area contributed by atoms with E-state index in [1.807, 2.05) is 0 Å². The van der Waals surface area contributed by atoms with Crippen molar-refractivity contribution in [2.45, 2.75) is 17.8 Å². The summed E-state index contributed by atoms with van der Waals surface area (Å²) in [6, 6.07) is 14.8. The van der Waals surface area contributed by atoms with Gasteiger partial charge in [0.1, 0.15) is 34.5 Å². The molecule has 0 saturated carbocycles. The van der Waals surface area contributed by atoms with Crippen molar-refractivity contribution in [2.75, 3.05) is 11.5 Å². The summed E-state index contributed by atoms with van der Waals surface area (Å²) in [4.78, 5) is 0. The van der Waals surface area contributed by atoms with E-state index in [1.165, 1.54) is 24.3 Å². The molecule has 0 aliphatic heterocycles. The molecule has 0 unspecified atom stereocenters. The first-order chi connectivity index (χ1) is 18.2. The van der Waals surface area contributed by atoms with Crippen LogP contribution in [0.5, 0.6) is 34.5 Å². The van der Waals surface area contributed by atoms with Gasteiger partial charge < -0.3 is 31.2 Å². The van der Waals surface area contributed by atoms with Crippen molar-refractivity contribution in [2.24, 2.45) is 0 Å². The minimum atomic E-state index is -6.24. The Morgan fingerprint density at radius 3 is 1.15 bits per heavy atom. The summed E-state index contributed by atoms with van der Waals surface area (Å²) in [6.07, 6.45) is -6.24. The first-order valence-electron chi connectivity index (χ1n) is 11.1. The minimum absolute atomic E-state index is 0.0314. The second-order valence-electron chi connectivity index (χ2n) is 8.42. The van der Waals surface area contributed by atoms with Crippen molar-refractivity contribution < 1.29 is 46.0 Å². The van der Waals surface area contributed by atoms with Gasteiger partial charge in [-0.1, -0.05) is 24.3 Å². The summed E-state index contributed by atoms with van der Waals surface area (Å²) < 4.78 is 97.0. The number of hydrogen-bond donors (Lipinski definition) is 4. The molecular formula is C27H20F6N2O4. The van der Waals surface area contributed by atoms with Gasteiger partial charge in [-0.25, -0.2) is 4.39 Å². The summed E-state index contributed by atoms with van der Waals surface area (Å²) in [5, 5.41) is 19.4. The van der Waals surface area contributed by atoms with Gasteiger partial charge >= 0.3 is 12.1 Å². The highest BCUT2D eigenvalue weighted by Crippen LogP contribution is 2.54. The fourth-order valence-corrected chi connectivity index (χ4v) is 3.68. The van der Waals surface area contributed by atoms with Crippen LogP contribution in [0.4, 0.5) is 37.7 Å². The first-order valence-corrected chi connectivity index (χ1v) is 11.1. The van der Waals surface area contributed by atoms with E-state index in [1.54, 1.807) is 0 Å². The standard InChI is InChI=1S/C27H20F6N2O4/c28-25(26(29,30)27(31,32)33,15-1-5-17(6-2-15)38-19-9-11-21(34)23(36)13-19)16-3-7-18(8-4-16)39-20-10-12-22(35)24(37)14-20/h1-14,36-37H,34-35H2. The zero-order valence-corrected chi connectivity index (χ0v) is 19.7. The first kappa shape index (κ1) is 27.3. The second kappa shape index (κ2) is 9.86. The molecule has 0 aromatic heterocycles. The van der Waals surface area contributed by atoms with Crippen molar-refractivity contribution in [1.29, 1.82) is 0 Å². The average molecular weight is 550 g/mol. The van der Waals surface area contributed by atoms with Gasteiger partial charge in [-0.2, -0.15) is 22.0 Å². The molecule has 12 heteroatoms. The molecule has 0 heterocycles. The zero-order chi connectivity index (χ0) is 28.6. The Morgan fingerprint density at radius 1 is 0.513 bits per heavy atom. The van der Waals surface area contributed by atoms with Crippen molar-refractivity contribution in [3.8, 4) is 34.5 Å². The second-order valence-corrected chi connectivity index (χ2v) is 8.42. The molecular weight excluding hydrogens is 530 g/mol. The van der Waals surface area contributed by atoms with Gasteiger partial charge in [-0.3, -0.25) is 0 Å². The summed E-state index contributed by atoms with van der Waals surface area (Å²) >= 11 is 0. The van der Waals surface area contributed by atoms with Gasteiger partial charge in [0.15, 0.2) is 0 Å². The van der Waals surface area contributed by atoms with Crippen LogP contribution in [0.1, 0.15) is 11.1 Å². The number of phenolic OH excluding ortho intramolecular Hbond substituents is 2. The predicted octanol–water partition coefficient (Wildman–Crippen LogP) is 7.26. The molecule has 0 amide bonds. The molecule has 0 fully saturated rings. The van der Waals surface area contributed by atoms with Gasteiger partial charge in [-0.05, 0) is 48.5 Å². The van der Waals surface area contributed by atoms with Crippen molar-refractivity contribution in [3.05, 3.63) is 96.1 Å². The molecule has 0 bridgehead atoms. The Morgan fingerprint density at radius 2 is 0.846 bits per heavy atom. The van der Waals surface area contributed by atoms with Crippen LogP contribution in [0.15, 0.2) is 84.9 Å². The van der Waals surface area contributed by atoms with E-state index in [0.29, 0.717) is 0 Å². The van der Waals surface area contributed by atoms with Gasteiger partial charge in [0.05, 0.1) is 11.4 Å². The third kappa shape index (κ3) is 5.17. The molecule has 4 aromatic rings. The van der Waals surface area contributed by atoms with E-state index < -0.39 is 28.9 Å². The van der Waals surface area contributed by atoms with Crippen LogP contribution in [0.3, 0.4) is 0 Å². The van der Waals surface area contributed by atoms with Crippen LogP contribution in [-0.2, 0) is 5.67 Å². The number of hydrogen-bond acceptors (Lipinski definition) is 6. The Kier molecular flexibility index (Phi) is 6.90. The molecule has 0 spiro atoms. The number of aromatic hydroxyl groups is 2. The molecule has 0 aliphatic rings. The topological polar surface area (TPSA) is 111 Å². The van der Waals surface area contributed by atoms with Crippen LogP contribution in [0.2, 0.25) is 0 Å². The van der Waals surface area contributed by atoms with E-state index in [-0.39, 0.29) is 45.9 Å². The summed E-state index contributed by atoms with van der Waals surface area (Å²) in [6.45, 7) is 0. The monoisotopic (exact) mass is 550 g/mol. The molecule has 0 saturated heterocycles. The van der Waals surface area contributed by atoms with Crippen LogP contribution in [0, 0.1) is 0 Å². The maximum absolute atomic E-state index is 16.2. The number of rotatable bonds is 7. The van der Waals surface area contributed by atoms with Gasteiger partial charge in [0.25, 0.3) is 0 Å². The highest BCUT2D eigenvalue weighted by atomic mass is 19.4. The van der Waals surface area contributed by atoms with Crippen LogP contribution in [-0.4, -0.2) is 22.3 Å². The number of ether oxygens (including phenoxy) is 2. The Labute approximate surface area is 217 Å². The van der Waals surface area contributed by atoms with Crippen LogP contribution in [0.25, 0.3) is 0 Å². The quantitative estimate of drug-likeness (QED) is 0.110. The maximum Gasteiger partial charge on any atom is 0.457 e. The third-order valence-corrected chi connectivity index (χ3v) is 5.77. The molecule has 39 heavy (non-hydrogen) atoms. The van der Waals surface area contributed by atoms with E-state index in [2.05, 4.69) is 0 Å². The molecule has 0 radical (unpaired) electrons. The summed E-state index contributed by atoms with van der Waals surface area (Å²) in [5.74, 6) is -6.31.